The van der Waals surface area contributed by atoms with E-state index in [-0.39, 0.29) is 0 Å². The van der Waals surface area contributed by atoms with Gasteiger partial charge in [0, 0.05) is 18.7 Å². The first-order chi connectivity index (χ1) is 6.78. The molecule has 0 amide bonds. The molecule has 2 nitrogen and oxygen atoms in total. The molecule has 2 atom stereocenters. The maximum Gasteiger partial charge on any atom is 0.191 e. The normalized spacial score (nSPS) is 26.8. The molecule has 0 bridgehead atoms. The molecule has 1 aliphatic heterocycles. The van der Waals surface area contributed by atoms with E-state index < -0.39 is 8.32 Å². The highest BCUT2D eigenvalue weighted by Gasteiger charge is 2.38. The molecule has 3 heteroatoms. The lowest BCUT2D eigenvalue weighted by molar-refractivity contribution is 0.281. The molecule has 90 valence electrons. The summed E-state index contributed by atoms with van der Waals surface area (Å²) in [6, 6.07) is 1.51. The molecule has 0 radical (unpaired) electrons. The SMILES string of the molecule is CC[C@@H]1N[C@@H]1CCO[Si](C)(C)C(C)(C)C. The fourth-order valence-corrected chi connectivity index (χ4v) is 2.63. The summed E-state index contributed by atoms with van der Waals surface area (Å²) >= 11 is 0. The van der Waals surface area contributed by atoms with E-state index >= 15 is 0 Å². The molecule has 1 N–H and O–H groups in total. The molecule has 1 rings (SSSR count). The predicted molar refractivity (Wildman–Crippen MR) is 68.8 cm³/mol. The molecule has 1 aliphatic rings. The third-order valence-corrected chi connectivity index (χ3v) is 8.48. The van der Waals surface area contributed by atoms with Gasteiger partial charge in [-0.2, -0.15) is 0 Å². The van der Waals surface area contributed by atoms with Crippen LogP contribution in [0.2, 0.25) is 18.1 Å². The number of hydrogen-bond acceptors (Lipinski definition) is 2. The molecule has 1 heterocycles. The van der Waals surface area contributed by atoms with Crippen molar-refractivity contribution in [3.63, 3.8) is 0 Å². The Hall–Kier alpha value is 0.137. The van der Waals surface area contributed by atoms with Crippen LogP contribution in [0.1, 0.15) is 40.5 Å². The van der Waals surface area contributed by atoms with Crippen LogP contribution in [0, 0.1) is 0 Å². The summed E-state index contributed by atoms with van der Waals surface area (Å²) < 4.78 is 6.14. The molecule has 15 heavy (non-hydrogen) atoms. The third-order valence-electron chi connectivity index (χ3n) is 3.94. The Morgan fingerprint density at radius 3 is 2.20 bits per heavy atom. The van der Waals surface area contributed by atoms with Crippen LogP contribution in [0.5, 0.6) is 0 Å². The highest BCUT2D eigenvalue weighted by Crippen LogP contribution is 2.36. The Bertz CT molecular complexity index is 210. The second kappa shape index (κ2) is 4.56. The van der Waals surface area contributed by atoms with E-state index in [1.807, 2.05) is 0 Å². The van der Waals surface area contributed by atoms with Crippen molar-refractivity contribution in [3.8, 4) is 0 Å². The molecule has 0 unspecified atom stereocenters. The monoisotopic (exact) mass is 229 g/mol. The van der Waals surface area contributed by atoms with Gasteiger partial charge in [-0.1, -0.05) is 27.7 Å². The maximum absolute atomic E-state index is 6.14. The molecule has 1 fully saturated rings. The molecular formula is C12H27NOSi. The highest BCUT2D eigenvalue weighted by molar-refractivity contribution is 6.74. The Kier molecular flexibility index (Phi) is 4.01. The minimum absolute atomic E-state index is 0.341. The lowest BCUT2D eigenvalue weighted by Crippen LogP contribution is -2.41. The summed E-state index contributed by atoms with van der Waals surface area (Å²) in [7, 11) is -1.50. The van der Waals surface area contributed by atoms with Gasteiger partial charge < -0.3 is 9.74 Å². The van der Waals surface area contributed by atoms with E-state index in [0.29, 0.717) is 5.04 Å². The van der Waals surface area contributed by atoms with Crippen LogP contribution in [0.15, 0.2) is 0 Å². The first-order valence-corrected chi connectivity index (χ1v) is 9.09. The first kappa shape index (κ1) is 13.2. The van der Waals surface area contributed by atoms with Crippen LogP contribution in [0.3, 0.4) is 0 Å². The van der Waals surface area contributed by atoms with Crippen LogP contribution in [0.4, 0.5) is 0 Å². The zero-order valence-corrected chi connectivity index (χ0v) is 12.2. The Balaban J connectivity index is 2.20. The van der Waals surface area contributed by atoms with Crippen molar-refractivity contribution < 1.29 is 4.43 Å². The summed E-state index contributed by atoms with van der Waals surface area (Å²) in [5.41, 5.74) is 0. The summed E-state index contributed by atoms with van der Waals surface area (Å²) in [6.45, 7) is 14.7. The van der Waals surface area contributed by atoms with Crippen molar-refractivity contribution in [3.05, 3.63) is 0 Å². The van der Waals surface area contributed by atoms with E-state index in [1.54, 1.807) is 0 Å². The van der Waals surface area contributed by atoms with Crippen LogP contribution in [-0.2, 0) is 4.43 Å². The van der Waals surface area contributed by atoms with Crippen molar-refractivity contribution >= 4 is 8.32 Å². The van der Waals surface area contributed by atoms with Crippen LogP contribution < -0.4 is 5.32 Å². The zero-order valence-electron chi connectivity index (χ0n) is 11.2. The largest absolute Gasteiger partial charge is 0.417 e. The minimum Gasteiger partial charge on any atom is -0.417 e. The van der Waals surface area contributed by atoms with E-state index in [0.717, 1.165) is 18.7 Å². The Morgan fingerprint density at radius 1 is 1.20 bits per heavy atom. The second-order valence-electron chi connectivity index (χ2n) is 6.19. The fourth-order valence-electron chi connectivity index (χ4n) is 1.56. The Morgan fingerprint density at radius 2 is 1.80 bits per heavy atom. The van der Waals surface area contributed by atoms with Crippen LogP contribution in [0.25, 0.3) is 0 Å². The van der Waals surface area contributed by atoms with Crippen molar-refractivity contribution in [1.29, 1.82) is 0 Å². The second-order valence-corrected chi connectivity index (χ2v) is 11.0. The quantitative estimate of drug-likeness (QED) is 0.580. The van der Waals surface area contributed by atoms with Crippen molar-refractivity contribution in [2.24, 2.45) is 0 Å². The van der Waals surface area contributed by atoms with Crippen LogP contribution >= 0.6 is 0 Å². The maximum atomic E-state index is 6.14. The molecular weight excluding hydrogens is 202 g/mol. The molecule has 0 aromatic heterocycles. The van der Waals surface area contributed by atoms with E-state index in [9.17, 15) is 0 Å². The van der Waals surface area contributed by atoms with E-state index in [1.165, 1.54) is 12.8 Å². The molecule has 0 aromatic rings. The fraction of sp³-hybridized carbons (Fsp3) is 1.00. The van der Waals surface area contributed by atoms with Gasteiger partial charge in [0.2, 0.25) is 0 Å². The number of rotatable bonds is 5. The van der Waals surface area contributed by atoms with E-state index in [2.05, 4.69) is 46.1 Å². The molecule has 0 saturated carbocycles. The van der Waals surface area contributed by atoms with Crippen LogP contribution in [-0.4, -0.2) is 27.0 Å². The highest BCUT2D eigenvalue weighted by atomic mass is 28.4. The number of nitrogens with one attached hydrogen (secondary N) is 1. The van der Waals surface area contributed by atoms with Gasteiger partial charge in [0.05, 0.1) is 0 Å². The minimum atomic E-state index is -1.50. The topological polar surface area (TPSA) is 31.2 Å². The lowest BCUT2D eigenvalue weighted by atomic mass is 10.2. The van der Waals surface area contributed by atoms with Gasteiger partial charge in [-0.05, 0) is 31.0 Å². The van der Waals surface area contributed by atoms with Crippen molar-refractivity contribution in [2.45, 2.75) is 70.8 Å². The molecule has 1 saturated heterocycles. The summed E-state index contributed by atoms with van der Waals surface area (Å²) in [5.74, 6) is 0. The molecule has 0 aromatic carbocycles. The average Bonchev–Trinajstić information content (AvgIpc) is 2.81. The van der Waals surface area contributed by atoms with E-state index in [4.69, 9.17) is 4.43 Å². The van der Waals surface area contributed by atoms with Gasteiger partial charge in [-0.15, -0.1) is 0 Å². The van der Waals surface area contributed by atoms with Gasteiger partial charge in [0.15, 0.2) is 8.32 Å². The van der Waals surface area contributed by atoms with Crippen molar-refractivity contribution in [2.75, 3.05) is 6.61 Å². The average molecular weight is 229 g/mol. The number of hydrogen-bond donors (Lipinski definition) is 1. The first-order valence-electron chi connectivity index (χ1n) is 6.18. The van der Waals surface area contributed by atoms with Gasteiger partial charge in [-0.25, -0.2) is 0 Å². The van der Waals surface area contributed by atoms with Gasteiger partial charge in [-0.3, -0.25) is 0 Å². The molecule has 0 aliphatic carbocycles. The van der Waals surface area contributed by atoms with Gasteiger partial charge in [0.1, 0.15) is 0 Å². The lowest BCUT2D eigenvalue weighted by Gasteiger charge is -2.36. The van der Waals surface area contributed by atoms with Crippen molar-refractivity contribution in [1.82, 2.24) is 5.32 Å². The van der Waals surface area contributed by atoms with Gasteiger partial charge >= 0.3 is 0 Å². The summed E-state index contributed by atoms with van der Waals surface area (Å²) in [4.78, 5) is 0. The summed E-state index contributed by atoms with van der Waals surface area (Å²) in [6.07, 6.45) is 2.44. The zero-order chi connectivity index (χ0) is 11.7. The third kappa shape index (κ3) is 3.57. The smallest absolute Gasteiger partial charge is 0.191 e. The van der Waals surface area contributed by atoms with Gasteiger partial charge in [0.25, 0.3) is 0 Å². The Labute approximate surface area is 95.9 Å². The standard InChI is InChI=1S/C12H27NOSi/c1-7-10-11(13-10)8-9-14-15(5,6)12(2,3)4/h10-11,13H,7-9H2,1-6H3/t10-,11+/m0/s1. The predicted octanol–water partition coefficient (Wildman–Crippen LogP) is 3.15. The molecule has 0 spiro atoms. The summed E-state index contributed by atoms with van der Waals surface area (Å²) in [5, 5.41) is 3.82.